The molecule has 3 amide bonds. The average Bonchev–Trinajstić information content (AvgIpc) is 2.74. The lowest BCUT2D eigenvalue weighted by molar-refractivity contribution is -0.120. The summed E-state index contributed by atoms with van der Waals surface area (Å²) in [4.78, 5) is 24.8. The van der Waals surface area contributed by atoms with Gasteiger partial charge in [0.05, 0.1) is 5.52 Å². The molecule has 0 radical (unpaired) electrons. The molecule has 7 heteroatoms. The van der Waals surface area contributed by atoms with Gasteiger partial charge in [-0.05, 0) is 23.6 Å². The summed E-state index contributed by atoms with van der Waals surface area (Å²) in [5, 5.41) is 8.22. The van der Waals surface area contributed by atoms with Crippen molar-refractivity contribution >= 4 is 40.3 Å². The molecule has 1 N–H and O–H groups in total. The van der Waals surface area contributed by atoms with E-state index in [0.717, 1.165) is 16.5 Å². The zero-order valence-corrected chi connectivity index (χ0v) is 13.4. The van der Waals surface area contributed by atoms with Crippen molar-refractivity contribution in [3.63, 3.8) is 0 Å². The van der Waals surface area contributed by atoms with Gasteiger partial charge in [0.1, 0.15) is 0 Å². The first-order valence-electron chi connectivity index (χ1n) is 7.16. The molecule has 0 aliphatic carbocycles. The third-order valence-electron chi connectivity index (χ3n) is 3.88. The summed E-state index contributed by atoms with van der Waals surface area (Å²) in [5.74, 6) is 0.562. The van der Waals surface area contributed by atoms with Gasteiger partial charge in [-0.3, -0.25) is 19.7 Å². The van der Waals surface area contributed by atoms with E-state index in [4.69, 9.17) is 11.6 Å². The summed E-state index contributed by atoms with van der Waals surface area (Å²) in [6.07, 6.45) is 0.265. The highest BCUT2D eigenvalue weighted by Gasteiger charge is 2.28. The summed E-state index contributed by atoms with van der Waals surface area (Å²) in [6.45, 7) is 4.47. The summed E-state index contributed by atoms with van der Waals surface area (Å²) >= 11 is 6.37. The minimum absolute atomic E-state index is 0.262. The Morgan fingerprint density at radius 2 is 2.05 bits per heavy atom. The fourth-order valence-corrected chi connectivity index (χ4v) is 3.06. The van der Waals surface area contributed by atoms with Gasteiger partial charge in [-0.2, -0.15) is 5.10 Å². The van der Waals surface area contributed by atoms with Crippen LogP contribution in [0.1, 0.15) is 31.7 Å². The van der Waals surface area contributed by atoms with Crippen LogP contribution in [-0.4, -0.2) is 28.3 Å². The molecule has 1 saturated heterocycles. The number of urea groups is 1. The van der Waals surface area contributed by atoms with Crippen molar-refractivity contribution < 1.29 is 9.59 Å². The SMILES string of the molecule is CC(C)c1cc2c(cc1Cl)c(N1CCC(=O)NC1=O)nn2C. The predicted molar refractivity (Wildman–Crippen MR) is 85.3 cm³/mol. The van der Waals surface area contributed by atoms with Crippen LogP contribution >= 0.6 is 11.6 Å². The lowest BCUT2D eigenvalue weighted by Gasteiger charge is -2.24. The van der Waals surface area contributed by atoms with Crippen molar-refractivity contribution in [1.29, 1.82) is 0 Å². The third-order valence-corrected chi connectivity index (χ3v) is 4.21. The van der Waals surface area contributed by atoms with Gasteiger partial charge in [0.25, 0.3) is 0 Å². The molecule has 0 saturated carbocycles. The van der Waals surface area contributed by atoms with Gasteiger partial charge in [-0.1, -0.05) is 25.4 Å². The molecule has 0 unspecified atom stereocenters. The average molecular weight is 321 g/mol. The molecule has 0 atom stereocenters. The topological polar surface area (TPSA) is 67.2 Å². The second-order valence-electron chi connectivity index (χ2n) is 5.75. The number of nitrogens with zero attached hydrogens (tertiary/aromatic N) is 3. The number of fused-ring (bicyclic) bond motifs is 1. The predicted octanol–water partition coefficient (Wildman–Crippen LogP) is 2.80. The van der Waals surface area contributed by atoms with Gasteiger partial charge in [0.2, 0.25) is 5.91 Å². The smallest absolute Gasteiger partial charge is 0.278 e. The number of aromatic nitrogens is 2. The minimum atomic E-state index is -0.444. The van der Waals surface area contributed by atoms with Gasteiger partial charge in [-0.15, -0.1) is 0 Å². The molecule has 0 spiro atoms. The Hall–Kier alpha value is -2.08. The van der Waals surface area contributed by atoms with E-state index in [1.165, 1.54) is 4.90 Å². The number of amides is 3. The number of aryl methyl sites for hydroxylation is 1. The van der Waals surface area contributed by atoms with E-state index in [-0.39, 0.29) is 12.3 Å². The summed E-state index contributed by atoms with van der Waals surface area (Å²) in [5.41, 5.74) is 1.95. The first kappa shape index (κ1) is 14.8. The summed E-state index contributed by atoms with van der Waals surface area (Å²) in [6, 6.07) is 3.41. The fourth-order valence-electron chi connectivity index (χ4n) is 2.68. The minimum Gasteiger partial charge on any atom is -0.278 e. The van der Waals surface area contributed by atoms with Crippen molar-refractivity contribution in [1.82, 2.24) is 15.1 Å². The standard InChI is InChI=1S/C15H17ClN4O2/c1-8(2)9-7-12-10(6-11(9)16)14(18-19(12)3)20-5-4-13(21)17-15(20)22/h6-8H,4-5H2,1-3H3,(H,17,21,22). The first-order chi connectivity index (χ1) is 10.4. The molecule has 1 aliphatic heterocycles. The van der Waals surface area contributed by atoms with Crippen molar-refractivity contribution in [2.45, 2.75) is 26.2 Å². The number of carbonyl (C=O) groups excluding carboxylic acids is 2. The molecular formula is C15H17ClN4O2. The van der Waals surface area contributed by atoms with Crippen LogP contribution in [0.5, 0.6) is 0 Å². The molecule has 1 aromatic carbocycles. The number of rotatable bonds is 2. The Kier molecular flexibility index (Phi) is 3.56. The van der Waals surface area contributed by atoms with E-state index in [1.54, 1.807) is 4.68 Å². The van der Waals surface area contributed by atoms with Crippen LogP contribution in [0.2, 0.25) is 5.02 Å². The molecule has 3 rings (SSSR count). The quantitative estimate of drug-likeness (QED) is 0.925. The first-order valence-corrected chi connectivity index (χ1v) is 7.53. The number of imide groups is 1. The van der Waals surface area contributed by atoms with E-state index in [1.807, 2.05) is 19.2 Å². The van der Waals surface area contributed by atoms with Gasteiger partial charge >= 0.3 is 6.03 Å². The van der Waals surface area contributed by atoms with Crippen molar-refractivity contribution in [3.05, 3.63) is 22.7 Å². The Labute approximate surface area is 133 Å². The second-order valence-corrected chi connectivity index (χ2v) is 6.15. The molecule has 2 heterocycles. The highest BCUT2D eigenvalue weighted by atomic mass is 35.5. The molecule has 2 aromatic rings. The van der Waals surface area contributed by atoms with Crippen molar-refractivity contribution in [3.8, 4) is 0 Å². The molecule has 116 valence electrons. The van der Waals surface area contributed by atoms with Gasteiger partial charge in [-0.25, -0.2) is 4.79 Å². The molecule has 1 fully saturated rings. The van der Waals surface area contributed by atoms with E-state index >= 15 is 0 Å². The Bertz CT molecular complexity index is 781. The number of benzene rings is 1. The molecule has 22 heavy (non-hydrogen) atoms. The Balaban J connectivity index is 2.14. The van der Waals surface area contributed by atoms with E-state index in [9.17, 15) is 9.59 Å². The van der Waals surface area contributed by atoms with E-state index in [0.29, 0.717) is 23.3 Å². The Morgan fingerprint density at radius 1 is 1.32 bits per heavy atom. The van der Waals surface area contributed by atoms with Crippen LogP contribution < -0.4 is 10.2 Å². The highest BCUT2D eigenvalue weighted by Crippen LogP contribution is 2.34. The van der Waals surface area contributed by atoms with Gasteiger partial charge in [0.15, 0.2) is 5.82 Å². The normalized spacial score (nSPS) is 15.8. The number of hydrogen-bond donors (Lipinski definition) is 1. The summed E-state index contributed by atoms with van der Waals surface area (Å²) in [7, 11) is 1.83. The number of halogens is 1. The summed E-state index contributed by atoms with van der Waals surface area (Å²) < 4.78 is 1.73. The number of nitrogens with one attached hydrogen (secondary N) is 1. The monoisotopic (exact) mass is 320 g/mol. The number of hydrogen-bond acceptors (Lipinski definition) is 3. The fraction of sp³-hybridized carbons (Fsp3) is 0.400. The molecular weight excluding hydrogens is 304 g/mol. The zero-order chi connectivity index (χ0) is 16.0. The molecule has 1 aromatic heterocycles. The highest BCUT2D eigenvalue weighted by molar-refractivity contribution is 6.32. The lowest BCUT2D eigenvalue weighted by Crippen LogP contribution is -2.49. The van der Waals surface area contributed by atoms with Crippen LogP contribution in [0.4, 0.5) is 10.6 Å². The van der Waals surface area contributed by atoms with Crippen LogP contribution in [0.15, 0.2) is 12.1 Å². The van der Waals surface area contributed by atoms with Crippen LogP contribution in [0.25, 0.3) is 10.9 Å². The van der Waals surface area contributed by atoms with Gasteiger partial charge < -0.3 is 0 Å². The van der Waals surface area contributed by atoms with Gasteiger partial charge in [0, 0.05) is 30.4 Å². The van der Waals surface area contributed by atoms with Crippen LogP contribution in [0, 0.1) is 0 Å². The maximum atomic E-state index is 12.0. The third kappa shape index (κ3) is 2.33. The molecule has 1 aliphatic rings. The largest absolute Gasteiger partial charge is 0.329 e. The van der Waals surface area contributed by atoms with Crippen LogP contribution in [0.3, 0.4) is 0 Å². The Morgan fingerprint density at radius 3 is 2.68 bits per heavy atom. The van der Waals surface area contributed by atoms with Crippen LogP contribution in [-0.2, 0) is 11.8 Å². The number of carbonyl (C=O) groups is 2. The zero-order valence-electron chi connectivity index (χ0n) is 12.7. The van der Waals surface area contributed by atoms with Crippen molar-refractivity contribution in [2.75, 3.05) is 11.4 Å². The van der Waals surface area contributed by atoms with E-state index < -0.39 is 6.03 Å². The number of anilines is 1. The second kappa shape index (κ2) is 5.28. The van der Waals surface area contributed by atoms with E-state index in [2.05, 4.69) is 24.3 Å². The maximum absolute atomic E-state index is 12.0. The lowest BCUT2D eigenvalue weighted by atomic mass is 10.0. The molecule has 6 nitrogen and oxygen atoms in total. The maximum Gasteiger partial charge on any atom is 0.329 e. The molecule has 0 bridgehead atoms. The van der Waals surface area contributed by atoms with Crippen molar-refractivity contribution in [2.24, 2.45) is 7.05 Å².